The van der Waals surface area contributed by atoms with Crippen LogP contribution in [0.25, 0.3) is 0 Å². The van der Waals surface area contributed by atoms with Crippen LogP contribution in [0.2, 0.25) is 0 Å². The van der Waals surface area contributed by atoms with Crippen LogP contribution in [-0.2, 0) is 34.0 Å². The summed E-state index contributed by atoms with van der Waals surface area (Å²) in [6.07, 6.45) is -2.96. The average molecular weight is 636 g/mol. The minimum absolute atomic E-state index is 0.147. The van der Waals surface area contributed by atoms with Gasteiger partial charge in [0.15, 0.2) is 0 Å². The lowest BCUT2D eigenvalue weighted by molar-refractivity contribution is -0.137. The third-order valence-electron chi connectivity index (χ3n) is 8.21. The van der Waals surface area contributed by atoms with Crippen LogP contribution in [0, 0.1) is 0 Å². The van der Waals surface area contributed by atoms with Crippen LogP contribution in [-0.4, -0.2) is 38.2 Å². The largest absolute Gasteiger partial charge is 0.416 e. The van der Waals surface area contributed by atoms with Gasteiger partial charge in [-0.2, -0.15) is 13.2 Å². The number of amides is 1. The molecule has 2 aliphatic rings. The Bertz CT molecular complexity index is 1570. The molecule has 1 fully saturated rings. The number of hydrogen-bond acceptors (Lipinski definition) is 4. The molecule has 12 heteroatoms. The number of piperidine rings is 1. The Balaban J connectivity index is 1.28. The Kier molecular flexibility index (Phi) is 9.43. The monoisotopic (exact) mass is 635 g/mol. The molecule has 5 rings (SSSR count). The molecule has 0 radical (unpaired) electrons. The molecular weight excluding hydrogens is 601 g/mol. The number of aryl methyl sites for hydroxylation is 1. The van der Waals surface area contributed by atoms with Gasteiger partial charge < -0.3 is 5.32 Å². The number of nitrogens with zero attached hydrogens (tertiary/aromatic N) is 1. The van der Waals surface area contributed by atoms with E-state index in [-0.39, 0.29) is 25.3 Å². The van der Waals surface area contributed by atoms with Crippen molar-refractivity contribution in [1.29, 1.82) is 0 Å². The number of carbonyl (C=O) groups excluding carboxylic acids is 1. The smallest absolute Gasteiger partial charge is 0.349 e. The fraction of sp³-hybridized carbons (Fsp3) is 0.406. The second-order valence-electron chi connectivity index (χ2n) is 11.5. The van der Waals surface area contributed by atoms with Crippen molar-refractivity contribution in [2.24, 2.45) is 0 Å². The highest BCUT2D eigenvalue weighted by Gasteiger charge is 2.35. The van der Waals surface area contributed by atoms with Crippen molar-refractivity contribution in [1.82, 2.24) is 14.9 Å². The lowest BCUT2D eigenvalue weighted by Gasteiger charge is -2.32. The van der Waals surface area contributed by atoms with Crippen molar-refractivity contribution >= 4 is 15.9 Å². The number of nitrogens with one attached hydrogen (secondary N) is 2. The van der Waals surface area contributed by atoms with Crippen molar-refractivity contribution in [3.8, 4) is 0 Å². The van der Waals surface area contributed by atoms with E-state index in [2.05, 4.69) is 16.1 Å². The van der Waals surface area contributed by atoms with E-state index in [1.807, 2.05) is 17.0 Å². The Hall–Kier alpha value is -3.35. The number of halogens is 5. The fourth-order valence-electron chi connectivity index (χ4n) is 5.86. The average Bonchev–Trinajstić information content (AvgIpc) is 2.98. The van der Waals surface area contributed by atoms with Crippen LogP contribution >= 0.6 is 0 Å². The maximum Gasteiger partial charge on any atom is 0.416 e. The maximum atomic E-state index is 13.5. The van der Waals surface area contributed by atoms with Crippen molar-refractivity contribution in [3.05, 3.63) is 101 Å². The second kappa shape index (κ2) is 12.9. The van der Waals surface area contributed by atoms with Gasteiger partial charge in [0.2, 0.25) is 15.9 Å². The molecule has 0 bridgehead atoms. The number of rotatable bonds is 9. The zero-order valence-electron chi connectivity index (χ0n) is 23.9. The quantitative estimate of drug-likeness (QED) is 0.262. The molecule has 0 spiro atoms. The third-order valence-corrected chi connectivity index (χ3v) is 9.68. The summed E-state index contributed by atoms with van der Waals surface area (Å²) >= 11 is 0. The standard InChI is InChI=1S/C32H34F5N3O3S/c33-31(34)14-16-40(17-15-31)21-22-12-13-27-24(18-22)8-4-11-28(27)38-30(41)20-29(23-6-2-1-3-7-23)39-44(42,43)26-10-5-9-25(19-26)32(35,36)37/h1-3,5-7,9-10,12-13,18-19,28-29,39H,4,8,11,14-17,20-21H2,(H,38,41)/t28-,29?/m1/s1. The normalized spacial score (nSPS) is 19.6. The van der Waals surface area contributed by atoms with E-state index in [0.29, 0.717) is 37.7 Å². The summed E-state index contributed by atoms with van der Waals surface area (Å²) in [5.41, 5.74) is 2.45. The van der Waals surface area contributed by atoms with Crippen molar-refractivity contribution in [2.75, 3.05) is 13.1 Å². The van der Waals surface area contributed by atoms with Gasteiger partial charge in [0.25, 0.3) is 5.92 Å². The van der Waals surface area contributed by atoms with E-state index < -0.39 is 44.5 Å². The SMILES string of the molecule is O=C(CC(NS(=O)(=O)c1cccc(C(F)(F)F)c1)c1ccccc1)N[C@@H]1CCCc2cc(CN3CCC(F)(F)CC3)ccc21. The number of likely N-dealkylation sites (tertiary alicyclic amines) is 1. The van der Waals surface area contributed by atoms with E-state index in [1.165, 1.54) is 0 Å². The van der Waals surface area contributed by atoms with Gasteiger partial charge in [-0.15, -0.1) is 0 Å². The molecule has 1 heterocycles. The van der Waals surface area contributed by atoms with Crippen molar-refractivity contribution < 1.29 is 35.2 Å². The predicted molar refractivity (Wildman–Crippen MR) is 155 cm³/mol. The van der Waals surface area contributed by atoms with Crippen molar-refractivity contribution in [2.45, 2.75) is 74.1 Å². The summed E-state index contributed by atoms with van der Waals surface area (Å²) in [6.45, 7) is 1.25. The number of fused-ring (bicyclic) bond motifs is 1. The molecule has 2 N–H and O–H groups in total. The summed E-state index contributed by atoms with van der Waals surface area (Å²) in [4.78, 5) is 14.8. The highest BCUT2D eigenvalue weighted by Crippen LogP contribution is 2.34. The van der Waals surface area contributed by atoms with Crippen LogP contribution in [0.15, 0.2) is 77.7 Å². The maximum absolute atomic E-state index is 13.5. The number of carbonyl (C=O) groups is 1. The van der Waals surface area contributed by atoms with Crippen molar-refractivity contribution in [3.63, 3.8) is 0 Å². The zero-order valence-corrected chi connectivity index (χ0v) is 24.7. The van der Waals surface area contributed by atoms with Crippen LogP contribution in [0.5, 0.6) is 0 Å². The number of hydrogen-bond donors (Lipinski definition) is 2. The second-order valence-corrected chi connectivity index (χ2v) is 13.2. The molecule has 0 saturated carbocycles. The van der Waals surface area contributed by atoms with Gasteiger partial charge in [0.05, 0.1) is 22.5 Å². The summed E-state index contributed by atoms with van der Waals surface area (Å²) in [7, 11) is -4.42. The highest BCUT2D eigenvalue weighted by atomic mass is 32.2. The first-order valence-electron chi connectivity index (χ1n) is 14.5. The number of alkyl halides is 5. The molecule has 3 aromatic rings. The van der Waals surface area contributed by atoms with E-state index >= 15 is 0 Å². The summed E-state index contributed by atoms with van der Waals surface area (Å²) in [5.74, 6) is -3.02. The van der Waals surface area contributed by atoms with Crippen LogP contribution in [0.4, 0.5) is 22.0 Å². The molecule has 1 amide bonds. The Morgan fingerprint density at radius 3 is 2.41 bits per heavy atom. The molecule has 3 aromatic carbocycles. The van der Waals surface area contributed by atoms with Crippen LogP contribution < -0.4 is 10.0 Å². The summed E-state index contributed by atoms with van der Waals surface area (Å²) in [5, 5.41) is 3.02. The molecule has 1 saturated heterocycles. The van der Waals surface area contributed by atoms with Gasteiger partial charge >= 0.3 is 6.18 Å². The van der Waals surface area contributed by atoms with Crippen LogP contribution in [0.3, 0.4) is 0 Å². The molecule has 0 aromatic heterocycles. The molecular formula is C32H34F5N3O3S. The van der Waals surface area contributed by atoms with Gasteiger partial charge in [-0.3, -0.25) is 9.69 Å². The Morgan fingerprint density at radius 1 is 0.977 bits per heavy atom. The van der Waals surface area contributed by atoms with Gasteiger partial charge in [0, 0.05) is 38.9 Å². The van der Waals surface area contributed by atoms with Gasteiger partial charge in [0.1, 0.15) is 0 Å². The van der Waals surface area contributed by atoms with Gasteiger partial charge in [-0.1, -0.05) is 54.6 Å². The number of benzene rings is 3. The molecule has 1 aliphatic heterocycles. The molecule has 6 nitrogen and oxygen atoms in total. The van der Waals surface area contributed by atoms with Crippen LogP contribution in [0.1, 0.15) is 72.0 Å². The molecule has 44 heavy (non-hydrogen) atoms. The molecule has 1 unspecified atom stereocenters. The predicted octanol–water partition coefficient (Wildman–Crippen LogP) is 6.54. The summed E-state index contributed by atoms with van der Waals surface area (Å²) < 4.78 is 95.6. The van der Waals surface area contributed by atoms with E-state index in [4.69, 9.17) is 0 Å². The lowest BCUT2D eigenvalue weighted by Crippen LogP contribution is -2.38. The highest BCUT2D eigenvalue weighted by molar-refractivity contribution is 7.89. The third kappa shape index (κ3) is 8.02. The Morgan fingerprint density at radius 2 is 1.70 bits per heavy atom. The number of sulfonamides is 1. The first-order chi connectivity index (χ1) is 20.8. The van der Waals surface area contributed by atoms with E-state index in [0.717, 1.165) is 47.7 Å². The zero-order chi connectivity index (χ0) is 31.5. The lowest BCUT2D eigenvalue weighted by atomic mass is 9.86. The minimum atomic E-state index is -4.72. The molecule has 236 valence electrons. The first kappa shape index (κ1) is 32.1. The molecule has 1 aliphatic carbocycles. The summed E-state index contributed by atoms with van der Waals surface area (Å²) in [6, 6.07) is 16.5. The topological polar surface area (TPSA) is 78.5 Å². The van der Waals surface area contributed by atoms with E-state index in [9.17, 15) is 35.2 Å². The van der Waals surface area contributed by atoms with Gasteiger partial charge in [-0.25, -0.2) is 21.9 Å². The van der Waals surface area contributed by atoms with Gasteiger partial charge in [-0.05, 0) is 59.7 Å². The molecule has 2 atom stereocenters. The fourth-order valence-corrected chi connectivity index (χ4v) is 7.13. The first-order valence-corrected chi connectivity index (χ1v) is 16.0. The minimum Gasteiger partial charge on any atom is -0.349 e. The van der Waals surface area contributed by atoms with E-state index in [1.54, 1.807) is 30.3 Å². The Labute approximate surface area is 253 Å².